The van der Waals surface area contributed by atoms with E-state index in [0.717, 1.165) is 5.56 Å². The highest BCUT2D eigenvalue weighted by molar-refractivity contribution is 5.69. The number of nitrogens with zero attached hydrogens (tertiary/aromatic N) is 4. The maximum atomic E-state index is 12.7. The van der Waals surface area contributed by atoms with Gasteiger partial charge in [0.15, 0.2) is 0 Å². The van der Waals surface area contributed by atoms with Gasteiger partial charge in [-0.15, -0.1) is 0 Å². The van der Waals surface area contributed by atoms with Crippen molar-refractivity contribution in [2.45, 2.75) is 59.3 Å². The number of ether oxygens (including phenoxy) is 2. The van der Waals surface area contributed by atoms with E-state index in [4.69, 9.17) is 9.47 Å². The molecule has 0 aromatic carbocycles. The highest BCUT2D eigenvalue weighted by Crippen LogP contribution is 2.14. The van der Waals surface area contributed by atoms with Gasteiger partial charge in [-0.25, -0.2) is 9.59 Å². The molecule has 1 aromatic heterocycles. The summed E-state index contributed by atoms with van der Waals surface area (Å²) < 4.78 is 11.1. The van der Waals surface area contributed by atoms with Gasteiger partial charge in [0.25, 0.3) is 0 Å². The number of carbonyl (C=O) groups excluding carboxylic acids is 2. The molecule has 1 aromatic rings. The first-order valence-corrected chi connectivity index (χ1v) is 10.5. The van der Waals surface area contributed by atoms with Gasteiger partial charge in [-0.3, -0.25) is 9.88 Å². The molecular weight excluding hydrogens is 384 g/mol. The first kappa shape index (κ1) is 23.9. The molecule has 1 aliphatic heterocycles. The lowest BCUT2D eigenvalue weighted by atomic mass is 10.2. The molecule has 30 heavy (non-hydrogen) atoms. The highest BCUT2D eigenvalue weighted by atomic mass is 16.6. The fourth-order valence-electron chi connectivity index (χ4n) is 3.03. The number of carbonyl (C=O) groups is 2. The van der Waals surface area contributed by atoms with Crippen LogP contribution in [0.4, 0.5) is 9.59 Å². The maximum absolute atomic E-state index is 12.7. The monoisotopic (exact) mass is 420 g/mol. The summed E-state index contributed by atoms with van der Waals surface area (Å²) >= 11 is 0. The molecule has 0 bridgehead atoms. The zero-order chi connectivity index (χ0) is 22.4. The van der Waals surface area contributed by atoms with Gasteiger partial charge >= 0.3 is 12.2 Å². The van der Waals surface area contributed by atoms with Crippen LogP contribution in [0.25, 0.3) is 0 Å². The van der Waals surface area contributed by atoms with E-state index >= 15 is 0 Å². The Labute approximate surface area is 180 Å². The quantitative estimate of drug-likeness (QED) is 0.730. The van der Waals surface area contributed by atoms with E-state index in [1.807, 2.05) is 59.9 Å². The fraction of sp³-hybridized carbons (Fsp3) is 0.682. The lowest BCUT2D eigenvalue weighted by Gasteiger charge is -2.30. The second-order valence-corrected chi connectivity index (χ2v) is 9.57. The summed E-state index contributed by atoms with van der Waals surface area (Å²) in [7, 11) is 0. The van der Waals surface area contributed by atoms with Gasteiger partial charge in [-0.05, 0) is 53.2 Å². The van der Waals surface area contributed by atoms with Crippen LogP contribution in [-0.2, 0) is 16.0 Å². The van der Waals surface area contributed by atoms with Gasteiger partial charge in [-0.1, -0.05) is 6.07 Å². The fourth-order valence-corrected chi connectivity index (χ4v) is 3.03. The lowest BCUT2D eigenvalue weighted by Crippen LogP contribution is -2.44. The zero-order valence-electron chi connectivity index (χ0n) is 19.2. The van der Waals surface area contributed by atoms with Crippen molar-refractivity contribution in [2.75, 3.05) is 39.3 Å². The van der Waals surface area contributed by atoms with E-state index in [2.05, 4.69) is 9.88 Å². The van der Waals surface area contributed by atoms with Gasteiger partial charge in [0.2, 0.25) is 0 Å². The van der Waals surface area contributed by atoms with Crippen molar-refractivity contribution in [3.8, 4) is 0 Å². The first-order valence-electron chi connectivity index (χ1n) is 10.5. The van der Waals surface area contributed by atoms with Crippen molar-refractivity contribution in [2.24, 2.45) is 0 Å². The molecule has 1 saturated heterocycles. The van der Waals surface area contributed by atoms with Crippen LogP contribution in [0.15, 0.2) is 24.5 Å². The summed E-state index contributed by atoms with van der Waals surface area (Å²) in [6.45, 7) is 15.0. The smallest absolute Gasteiger partial charge is 0.410 e. The summed E-state index contributed by atoms with van der Waals surface area (Å²) in [6, 6.07) is 3.93. The molecule has 1 fully saturated rings. The summed E-state index contributed by atoms with van der Waals surface area (Å²) in [6.07, 6.45) is 2.85. The molecule has 2 amide bonds. The Morgan fingerprint density at radius 2 is 1.33 bits per heavy atom. The minimum absolute atomic E-state index is 0.366. The molecule has 0 radical (unpaired) electrons. The van der Waals surface area contributed by atoms with Crippen molar-refractivity contribution >= 4 is 12.2 Å². The Morgan fingerprint density at radius 1 is 0.867 bits per heavy atom. The Kier molecular flexibility index (Phi) is 8.06. The molecule has 2 heterocycles. The summed E-state index contributed by atoms with van der Waals surface area (Å²) in [4.78, 5) is 35.1. The molecule has 0 saturated carbocycles. The minimum atomic E-state index is -0.574. The predicted molar refractivity (Wildman–Crippen MR) is 115 cm³/mol. The van der Waals surface area contributed by atoms with Crippen LogP contribution in [0.5, 0.6) is 0 Å². The largest absolute Gasteiger partial charge is 0.444 e. The van der Waals surface area contributed by atoms with Gasteiger partial charge in [0.1, 0.15) is 11.2 Å². The number of hydrogen-bond acceptors (Lipinski definition) is 6. The molecule has 8 heteroatoms. The number of amides is 2. The van der Waals surface area contributed by atoms with Crippen LogP contribution in [0.2, 0.25) is 0 Å². The number of aromatic nitrogens is 1. The molecule has 0 N–H and O–H groups in total. The molecule has 0 aliphatic carbocycles. The average molecular weight is 421 g/mol. The molecule has 8 nitrogen and oxygen atoms in total. The predicted octanol–water partition coefficient (Wildman–Crippen LogP) is 3.37. The summed E-state index contributed by atoms with van der Waals surface area (Å²) in [5.41, 5.74) is -0.0599. The molecule has 0 spiro atoms. The lowest BCUT2D eigenvalue weighted by molar-refractivity contribution is 0.0154. The second-order valence-electron chi connectivity index (χ2n) is 9.57. The molecular formula is C22H36N4O4. The van der Waals surface area contributed by atoms with Crippen molar-refractivity contribution in [3.63, 3.8) is 0 Å². The van der Waals surface area contributed by atoms with E-state index in [1.165, 1.54) is 0 Å². The summed E-state index contributed by atoms with van der Waals surface area (Å²) in [5, 5.41) is 0. The molecule has 168 valence electrons. The third-order valence-electron chi connectivity index (χ3n) is 4.44. The van der Waals surface area contributed by atoms with E-state index in [0.29, 0.717) is 45.8 Å². The van der Waals surface area contributed by atoms with Crippen LogP contribution in [-0.4, -0.2) is 82.3 Å². The standard InChI is InChI=1S/C22H36N4O4/c1-21(2,3)29-19(27)25-12-10-24(17-18-8-7-9-23-16-18)11-13-26(15-14-25)20(28)30-22(4,5)6/h7-9,16H,10-15,17H2,1-6H3. The Morgan fingerprint density at radius 3 is 1.73 bits per heavy atom. The maximum Gasteiger partial charge on any atom is 0.410 e. The van der Waals surface area contributed by atoms with E-state index in [-0.39, 0.29) is 12.2 Å². The second kappa shape index (κ2) is 10.1. The van der Waals surface area contributed by atoms with Crippen molar-refractivity contribution in [3.05, 3.63) is 30.1 Å². The van der Waals surface area contributed by atoms with E-state index in [1.54, 1.807) is 16.0 Å². The molecule has 1 aliphatic rings. The van der Waals surface area contributed by atoms with Crippen molar-refractivity contribution < 1.29 is 19.1 Å². The SMILES string of the molecule is CC(C)(C)OC(=O)N1CCN(Cc2cccnc2)CCN(C(=O)OC(C)(C)C)CC1. The van der Waals surface area contributed by atoms with Gasteiger partial charge in [-0.2, -0.15) is 0 Å². The third-order valence-corrected chi connectivity index (χ3v) is 4.44. The molecule has 2 rings (SSSR count). The topological polar surface area (TPSA) is 75.2 Å². The van der Waals surface area contributed by atoms with Crippen molar-refractivity contribution in [1.29, 1.82) is 0 Å². The Bertz CT molecular complexity index is 657. The van der Waals surface area contributed by atoms with Crippen LogP contribution in [0.1, 0.15) is 47.1 Å². The van der Waals surface area contributed by atoms with E-state index in [9.17, 15) is 9.59 Å². The number of pyridine rings is 1. The normalized spacial score (nSPS) is 17.0. The van der Waals surface area contributed by atoms with Crippen molar-refractivity contribution in [1.82, 2.24) is 19.7 Å². The van der Waals surface area contributed by atoms with Gasteiger partial charge in [0, 0.05) is 58.2 Å². The summed E-state index contributed by atoms with van der Waals surface area (Å²) in [5.74, 6) is 0. The van der Waals surface area contributed by atoms with Gasteiger partial charge in [0.05, 0.1) is 0 Å². The molecule has 0 atom stereocenters. The highest BCUT2D eigenvalue weighted by Gasteiger charge is 2.28. The number of hydrogen-bond donors (Lipinski definition) is 0. The Balaban J connectivity index is 2.15. The van der Waals surface area contributed by atoms with Crippen LogP contribution in [0.3, 0.4) is 0 Å². The molecule has 0 unspecified atom stereocenters. The minimum Gasteiger partial charge on any atom is -0.444 e. The van der Waals surface area contributed by atoms with Crippen LogP contribution >= 0.6 is 0 Å². The first-order chi connectivity index (χ1) is 13.9. The number of rotatable bonds is 2. The van der Waals surface area contributed by atoms with Crippen LogP contribution in [0, 0.1) is 0 Å². The zero-order valence-corrected chi connectivity index (χ0v) is 19.2. The average Bonchev–Trinajstić information content (AvgIpc) is 2.70. The van der Waals surface area contributed by atoms with Gasteiger partial charge < -0.3 is 19.3 Å². The van der Waals surface area contributed by atoms with Crippen LogP contribution < -0.4 is 0 Å². The third kappa shape index (κ3) is 8.57. The Hall–Kier alpha value is -2.35. The van der Waals surface area contributed by atoms with E-state index < -0.39 is 11.2 Å².